The summed E-state index contributed by atoms with van der Waals surface area (Å²) in [4.78, 5) is 10.3. The van der Waals surface area contributed by atoms with Crippen molar-refractivity contribution in [3.05, 3.63) is 23.8 Å². The van der Waals surface area contributed by atoms with Crippen LogP contribution in [0.2, 0.25) is 0 Å². The molecule has 0 aliphatic carbocycles. The average Bonchev–Trinajstić information content (AvgIpc) is 2.67. The van der Waals surface area contributed by atoms with Gasteiger partial charge in [-0.3, -0.25) is 4.79 Å². The third-order valence-electron chi connectivity index (χ3n) is 4.50. The molecule has 0 atom stereocenters. The van der Waals surface area contributed by atoms with Gasteiger partial charge >= 0.3 is 12.1 Å². The van der Waals surface area contributed by atoms with E-state index in [1.807, 2.05) is 0 Å². The number of carbonyl (C=O) groups excluding carboxylic acids is 1. The van der Waals surface area contributed by atoms with Crippen molar-refractivity contribution in [1.29, 1.82) is 0 Å². The maximum atomic E-state index is 13.8. The Morgan fingerprint density at radius 1 is 0.806 bits per heavy atom. The Kier molecular flexibility index (Phi) is 8.36. The molecule has 0 aliphatic heterocycles. The Labute approximate surface area is 177 Å². The molecule has 1 rings (SSSR count). The lowest BCUT2D eigenvalue weighted by molar-refractivity contribution is -0.255. The molecule has 0 aromatic heterocycles. The van der Waals surface area contributed by atoms with Crippen molar-refractivity contribution in [3.63, 3.8) is 0 Å². The van der Waals surface area contributed by atoms with Crippen LogP contribution in [0.3, 0.4) is 0 Å². The molecule has 0 bridgehead atoms. The van der Waals surface area contributed by atoms with E-state index in [0.717, 1.165) is 14.7 Å². The van der Waals surface area contributed by atoms with Crippen molar-refractivity contribution < 1.29 is 43.6 Å². The summed E-state index contributed by atoms with van der Waals surface area (Å²) in [5.41, 5.74) is -1.55. The first-order chi connectivity index (χ1) is 14.0. The summed E-state index contributed by atoms with van der Waals surface area (Å²) in [6.07, 6.45) is -6.31. The zero-order valence-corrected chi connectivity index (χ0v) is 18.8. The fourth-order valence-corrected chi connectivity index (χ4v) is 5.90. The average molecular weight is 495 g/mol. The van der Waals surface area contributed by atoms with E-state index in [0.29, 0.717) is 6.07 Å². The topological polar surface area (TPSA) is 91.8 Å². The maximum absolute atomic E-state index is 13.8. The first kappa shape index (κ1) is 27.4. The number of alkyl halides is 5. The minimum absolute atomic E-state index is 0.0552. The van der Waals surface area contributed by atoms with E-state index in [1.54, 1.807) is 0 Å². The van der Waals surface area contributed by atoms with E-state index in [1.165, 1.54) is 27.7 Å². The van der Waals surface area contributed by atoms with Crippen LogP contribution in [0.5, 0.6) is 0 Å². The van der Waals surface area contributed by atoms with E-state index in [9.17, 15) is 43.6 Å². The smallest absolute Gasteiger partial charge is 0.287 e. The minimum atomic E-state index is -6.31. The summed E-state index contributed by atoms with van der Waals surface area (Å²) >= 11 is 0. The predicted molar refractivity (Wildman–Crippen MR) is 102 cm³/mol. The second-order valence-electron chi connectivity index (χ2n) is 6.24. The molecule has 1 aromatic rings. The van der Waals surface area contributed by atoms with Crippen LogP contribution in [0, 0.1) is 0 Å². The van der Waals surface area contributed by atoms with E-state index >= 15 is 0 Å². The number of hydrogen-bond acceptors (Lipinski definition) is 5. The lowest BCUT2D eigenvalue weighted by Gasteiger charge is -2.24. The van der Waals surface area contributed by atoms with Gasteiger partial charge in [-0.15, -0.1) is 0 Å². The summed E-state index contributed by atoms with van der Waals surface area (Å²) in [6.45, 7) is 5.27. The highest BCUT2D eigenvalue weighted by atomic mass is 32.2. The number of Topliss-reactive ketones (excluding diaryl/α,β-unsaturated/α-hetero) is 1. The minimum Gasteiger partial charge on any atom is -0.287 e. The summed E-state index contributed by atoms with van der Waals surface area (Å²) in [5, 5.41) is 0. The van der Waals surface area contributed by atoms with Gasteiger partial charge in [0.15, 0.2) is 0 Å². The fourth-order valence-electron chi connectivity index (χ4n) is 2.79. The molecule has 0 amide bonds. The van der Waals surface area contributed by atoms with Crippen LogP contribution in [0.4, 0.5) is 22.0 Å². The van der Waals surface area contributed by atoms with E-state index < -0.39 is 53.3 Å². The first-order valence-corrected chi connectivity index (χ1v) is 12.1. The first-order valence-electron chi connectivity index (χ1n) is 9.17. The number of sulfonamides is 2. The van der Waals surface area contributed by atoms with Gasteiger partial charge in [-0.1, -0.05) is 27.7 Å². The van der Waals surface area contributed by atoms with Crippen molar-refractivity contribution in [2.24, 2.45) is 0 Å². The molecule has 1 aromatic carbocycles. The highest BCUT2D eigenvalue weighted by Gasteiger charge is 2.63. The van der Waals surface area contributed by atoms with Gasteiger partial charge in [0.2, 0.25) is 25.8 Å². The molecular formula is C17H23F5N2O5S2. The zero-order valence-electron chi connectivity index (χ0n) is 17.2. The molecule has 0 radical (unpaired) electrons. The van der Waals surface area contributed by atoms with Gasteiger partial charge in [-0.25, -0.2) is 16.8 Å². The van der Waals surface area contributed by atoms with E-state index in [-0.39, 0.29) is 32.2 Å². The molecule has 7 nitrogen and oxygen atoms in total. The summed E-state index contributed by atoms with van der Waals surface area (Å²) in [5.74, 6) is -8.79. The second-order valence-corrected chi connectivity index (χ2v) is 10.1. The van der Waals surface area contributed by atoms with Gasteiger partial charge in [0.05, 0.1) is 9.79 Å². The Bertz CT molecular complexity index is 1020. The highest BCUT2D eigenvalue weighted by molar-refractivity contribution is 7.89. The highest BCUT2D eigenvalue weighted by Crippen LogP contribution is 2.40. The van der Waals surface area contributed by atoms with Gasteiger partial charge in [-0.2, -0.15) is 30.6 Å². The van der Waals surface area contributed by atoms with Crippen LogP contribution in [0.25, 0.3) is 0 Å². The summed E-state index contributed by atoms with van der Waals surface area (Å²) < 4.78 is 119. The number of halogens is 5. The Morgan fingerprint density at radius 3 is 1.61 bits per heavy atom. The van der Waals surface area contributed by atoms with E-state index in [2.05, 4.69) is 0 Å². The standard InChI is InChI=1S/C17H23F5N2O5S2/c1-5-23(6-2)30(26,27)12-9-10-14(31(28,29)24(7-3)8-4)13(11-12)15(25)16(18,19)17(20,21)22/h9-11H,5-8H2,1-4H3. The SMILES string of the molecule is CCN(CC)S(=O)(=O)c1ccc(S(=O)(=O)N(CC)CC)c(C(=O)C(F)(F)C(F)(F)F)c1. The van der Waals surface area contributed by atoms with Crippen LogP contribution in [-0.2, 0) is 20.0 Å². The summed E-state index contributed by atoms with van der Waals surface area (Å²) in [6, 6.07) is 1.57. The molecule has 0 aliphatic rings. The Hall–Kier alpha value is -1.64. The Balaban J connectivity index is 3.94. The predicted octanol–water partition coefficient (Wildman–Crippen LogP) is 3.13. The lowest BCUT2D eigenvalue weighted by Crippen LogP contribution is -2.45. The molecule has 14 heteroatoms. The number of carbonyl (C=O) groups is 1. The van der Waals surface area contributed by atoms with Gasteiger partial charge < -0.3 is 0 Å². The van der Waals surface area contributed by atoms with Gasteiger partial charge in [0.25, 0.3) is 0 Å². The molecule has 0 saturated heterocycles. The van der Waals surface area contributed by atoms with Gasteiger partial charge in [0, 0.05) is 31.7 Å². The number of rotatable bonds is 10. The molecule has 0 spiro atoms. The van der Waals surface area contributed by atoms with Crippen molar-refractivity contribution in [2.45, 2.75) is 49.6 Å². The molecule has 0 heterocycles. The second kappa shape index (κ2) is 9.46. The van der Waals surface area contributed by atoms with Crippen LogP contribution in [0.1, 0.15) is 38.1 Å². The molecule has 178 valence electrons. The molecular weight excluding hydrogens is 471 g/mol. The third-order valence-corrected chi connectivity index (χ3v) is 8.66. The van der Waals surface area contributed by atoms with Gasteiger partial charge in [-0.05, 0) is 18.2 Å². The van der Waals surface area contributed by atoms with Crippen molar-refractivity contribution in [1.82, 2.24) is 8.61 Å². The zero-order chi connectivity index (χ0) is 24.4. The largest absolute Gasteiger partial charge is 0.461 e. The number of ketones is 1. The lowest BCUT2D eigenvalue weighted by atomic mass is 10.1. The molecule has 31 heavy (non-hydrogen) atoms. The molecule has 0 N–H and O–H groups in total. The summed E-state index contributed by atoms with van der Waals surface area (Å²) in [7, 11) is -9.06. The van der Waals surface area contributed by atoms with Crippen molar-refractivity contribution in [2.75, 3.05) is 26.2 Å². The van der Waals surface area contributed by atoms with E-state index in [4.69, 9.17) is 0 Å². The fraction of sp³-hybridized carbons (Fsp3) is 0.588. The van der Waals surface area contributed by atoms with Gasteiger partial charge in [0.1, 0.15) is 0 Å². The number of hydrogen-bond donors (Lipinski definition) is 0. The Morgan fingerprint density at radius 2 is 1.23 bits per heavy atom. The van der Waals surface area contributed by atoms with Crippen LogP contribution < -0.4 is 0 Å². The number of nitrogens with zero attached hydrogens (tertiary/aromatic N) is 2. The number of benzene rings is 1. The molecule has 0 fully saturated rings. The van der Waals surface area contributed by atoms with Crippen LogP contribution in [-0.4, -0.2) is 69.5 Å². The van der Waals surface area contributed by atoms with Crippen molar-refractivity contribution in [3.8, 4) is 0 Å². The van der Waals surface area contributed by atoms with Crippen LogP contribution in [0.15, 0.2) is 28.0 Å². The van der Waals surface area contributed by atoms with Crippen molar-refractivity contribution >= 4 is 25.8 Å². The quantitative estimate of drug-likeness (QED) is 0.368. The normalized spacial score (nSPS) is 13.8. The third kappa shape index (κ3) is 5.07. The monoisotopic (exact) mass is 494 g/mol. The molecule has 0 saturated carbocycles. The maximum Gasteiger partial charge on any atom is 0.461 e. The van der Waals surface area contributed by atoms with Crippen LogP contribution >= 0.6 is 0 Å². The molecule has 0 unspecified atom stereocenters.